The molecule has 0 atom stereocenters. The Balaban J connectivity index is 1.60. The van der Waals surface area contributed by atoms with Gasteiger partial charge in [0.25, 0.3) is 5.22 Å². The molecule has 4 rings (SSSR count). The number of rotatable bonds is 5. The highest BCUT2D eigenvalue weighted by Gasteiger charge is 2.10. The number of nitrogens with one attached hydrogen (secondary N) is 1. The van der Waals surface area contributed by atoms with E-state index in [1.165, 1.54) is 17.3 Å². The Kier molecular flexibility index (Phi) is 4.11. The number of aryl methyl sites for hydroxylation is 1. The molecule has 0 radical (unpaired) electrons. The molecule has 4 aromatic rings. The molecule has 0 saturated heterocycles. The van der Waals surface area contributed by atoms with Crippen LogP contribution in [-0.2, 0) is 0 Å². The van der Waals surface area contributed by atoms with Crippen LogP contribution in [0.4, 0.5) is 0 Å². The SMILES string of the molecule is C=CCSc1nnc(-c2ccc(-c3nc4ccc(C)cc4[nH]3)cc2)o1. The van der Waals surface area contributed by atoms with E-state index in [0.717, 1.165) is 33.7 Å². The van der Waals surface area contributed by atoms with Crippen LogP contribution in [0.15, 0.2) is 64.8 Å². The first-order valence-electron chi connectivity index (χ1n) is 7.87. The Labute approximate surface area is 149 Å². The molecule has 0 amide bonds. The number of benzene rings is 2. The number of aromatic nitrogens is 4. The van der Waals surface area contributed by atoms with Gasteiger partial charge in [-0.3, -0.25) is 0 Å². The lowest BCUT2D eigenvalue weighted by atomic mass is 10.1. The third kappa shape index (κ3) is 3.21. The van der Waals surface area contributed by atoms with Crippen molar-refractivity contribution in [3.8, 4) is 22.8 Å². The highest BCUT2D eigenvalue weighted by molar-refractivity contribution is 7.99. The second-order valence-corrected chi connectivity index (χ2v) is 6.63. The Bertz CT molecular complexity index is 1030. The van der Waals surface area contributed by atoms with Gasteiger partial charge in [0.2, 0.25) is 5.89 Å². The standard InChI is InChI=1S/C19H16N4OS/c1-3-10-25-19-23-22-18(24-19)14-7-5-13(6-8-14)17-20-15-9-4-12(2)11-16(15)21-17/h3-9,11H,1,10H2,2H3,(H,20,21). The third-order valence-corrected chi connectivity index (χ3v) is 4.59. The molecule has 5 nitrogen and oxygen atoms in total. The van der Waals surface area contributed by atoms with Crippen LogP contribution < -0.4 is 0 Å². The fourth-order valence-corrected chi connectivity index (χ4v) is 3.04. The number of aromatic amines is 1. The largest absolute Gasteiger partial charge is 0.411 e. The molecule has 0 aliphatic rings. The first-order valence-corrected chi connectivity index (χ1v) is 8.86. The molecule has 0 unspecified atom stereocenters. The van der Waals surface area contributed by atoms with E-state index in [1.807, 2.05) is 30.3 Å². The maximum absolute atomic E-state index is 5.65. The molecule has 0 saturated carbocycles. The van der Waals surface area contributed by atoms with Gasteiger partial charge < -0.3 is 9.40 Å². The molecule has 0 aliphatic heterocycles. The van der Waals surface area contributed by atoms with Gasteiger partial charge in [0.1, 0.15) is 5.82 Å². The molecule has 0 bridgehead atoms. The second kappa shape index (κ2) is 6.57. The average Bonchev–Trinajstić information content (AvgIpc) is 3.26. The molecule has 0 spiro atoms. The number of imidazole rings is 1. The smallest absolute Gasteiger partial charge is 0.277 e. The number of nitrogens with zero attached hydrogens (tertiary/aromatic N) is 3. The summed E-state index contributed by atoms with van der Waals surface area (Å²) in [7, 11) is 0. The molecule has 1 N–H and O–H groups in total. The summed E-state index contributed by atoms with van der Waals surface area (Å²) in [6.07, 6.45) is 1.80. The topological polar surface area (TPSA) is 67.6 Å². The number of fused-ring (bicyclic) bond motifs is 1. The van der Waals surface area contributed by atoms with Crippen LogP contribution in [0.3, 0.4) is 0 Å². The lowest BCUT2D eigenvalue weighted by molar-refractivity contribution is 0.466. The van der Waals surface area contributed by atoms with Crippen LogP contribution in [0.25, 0.3) is 33.9 Å². The third-order valence-electron chi connectivity index (χ3n) is 3.77. The first-order chi connectivity index (χ1) is 12.2. The van der Waals surface area contributed by atoms with Crippen molar-refractivity contribution >= 4 is 22.8 Å². The van der Waals surface area contributed by atoms with Crippen molar-refractivity contribution in [2.24, 2.45) is 0 Å². The molecule has 0 fully saturated rings. The first kappa shape index (κ1) is 15.7. The Hall–Kier alpha value is -2.86. The van der Waals surface area contributed by atoms with Crippen molar-refractivity contribution in [2.75, 3.05) is 5.75 Å². The predicted octanol–water partition coefficient (Wildman–Crippen LogP) is 4.87. The highest BCUT2D eigenvalue weighted by Crippen LogP contribution is 2.26. The Morgan fingerprint density at radius 3 is 2.72 bits per heavy atom. The number of hydrogen-bond donors (Lipinski definition) is 1. The van der Waals surface area contributed by atoms with Crippen molar-refractivity contribution in [3.63, 3.8) is 0 Å². The van der Waals surface area contributed by atoms with Crippen LogP contribution in [0, 0.1) is 6.92 Å². The molecular weight excluding hydrogens is 332 g/mol. The molecule has 25 heavy (non-hydrogen) atoms. The van der Waals surface area contributed by atoms with Crippen molar-refractivity contribution in [2.45, 2.75) is 12.1 Å². The van der Waals surface area contributed by atoms with Crippen LogP contribution in [0.2, 0.25) is 0 Å². The summed E-state index contributed by atoms with van der Waals surface area (Å²) in [5, 5.41) is 8.67. The van der Waals surface area contributed by atoms with E-state index in [0.29, 0.717) is 11.1 Å². The molecule has 6 heteroatoms. The summed E-state index contributed by atoms with van der Waals surface area (Å²) in [5.74, 6) is 2.10. The maximum atomic E-state index is 5.65. The summed E-state index contributed by atoms with van der Waals surface area (Å²) in [6, 6.07) is 14.1. The molecule has 0 aliphatic carbocycles. The normalized spacial score (nSPS) is 11.1. The number of thioether (sulfide) groups is 1. The lowest BCUT2D eigenvalue weighted by Gasteiger charge is -1.98. The van der Waals surface area contributed by atoms with E-state index in [-0.39, 0.29) is 0 Å². The number of hydrogen-bond acceptors (Lipinski definition) is 5. The van der Waals surface area contributed by atoms with Gasteiger partial charge in [-0.1, -0.05) is 36.0 Å². The summed E-state index contributed by atoms with van der Waals surface area (Å²) in [4.78, 5) is 8.01. The monoisotopic (exact) mass is 348 g/mol. The number of H-pyrrole nitrogens is 1. The van der Waals surface area contributed by atoms with E-state index in [1.54, 1.807) is 6.08 Å². The van der Waals surface area contributed by atoms with Gasteiger partial charge in [-0.2, -0.15) is 0 Å². The second-order valence-electron chi connectivity index (χ2n) is 5.66. The Morgan fingerprint density at radius 1 is 1.12 bits per heavy atom. The van der Waals surface area contributed by atoms with Gasteiger partial charge in [-0.05, 0) is 36.8 Å². The van der Waals surface area contributed by atoms with Crippen LogP contribution in [0.1, 0.15) is 5.56 Å². The van der Waals surface area contributed by atoms with Gasteiger partial charge in [0.05, 0.1) is 11.0 Å². The minimum Gasteiger partial charge on any atom is -0.411 e. The summed E-state index contributed by atoms with van der Waals surface area (Å²) in [6.45, 7) is 5.75. The zero-order valence-corrected chi connectivity index (χ0v) is 14.5. The maximum Gasteiger partial charge on any atom is 0.277 e. The van der Waals surface area contributed by atoms with Crippen LogP contribution >= 0.6 is 11.8 Å². The Morgan fingerprint density at radius 2 is 1.92 bits per heavy atom. The van der Waals surface area contributed by atoms with Crippen molar-refractivity contribution < 1.29 is 4.42 Å². The molecule has 2 aromatic carbocycles. The highest BCUT2D eigenvalue weighted by atomic mass is 32.2. The minimum atomic E-state index is 0.512. The minimum absolute atomic E-state index is 0.512. The zero-order valence-electron chi connectivity index (χ0n) is 13.7. The van der Waals surface area contributed by atoms with E-state index in [9.17, 15) is 0 Å². The van der Waals surface area contributed by atoms with Gasteiger partial charge in [-0.15, -0.1) is 16.8 Å². The molecule has 2 aromatic heterocycles. The predicted molar refractivity (Wildman–Crippen MR) is 100 cm³/mol. The van der Waals surface area contributed by atoms with Gasteiger partial charge in [0, 0.05) is 16.9 Å². The average molecular weight is 348 g/mol. The van der Waals surface area contributed by atoms with E-state index in [2.05, 4.69) is 45.8 Å². The van der Waals surface area contributed by atoms with Crippen molar-refractivity contribution in [3.05, 3.63) is 60.7 Å². The van der Waals surface area contributed by atoms with E-state index in [4.69, 9.17) is 4.42 Å². The van der Waals surface area contributed by atoms with Gasteiger partial charge in [-0.25, -0.2) is 4.98 Å². The van der Waals surface area contributed by atoms with E-state index >= 15 is 0 Å². The summed E-state index contributed by atoms with van der Waals surface area (Å²) < 4.78 is 5.65. The quantitative estimate of drug-likeness (QED) is 0.412. The molecule has 2 heterocycles. The van der Waals surface area contributed by atoms with Gasteiger partial charge >= 0.3 is 0 Å². The zero-order chi connectivity index (χ0) is 17.2. The van der Waals surface area contributed by atoms with Gasteiger partial charge in [0.15, 0.2) is 0 Å². The molecule has 124 valence electrons. The van der Waals surface area contributed by atoms with Crippen molar-refractivity contribution in [1.82, 2.24) is 20.2 Å². The van der Waals surface area contributed by atoms with Crippen LogP contribution in [-0.4, -0.2) is 25.9 Å². The fourth-order valence-electron chi connectivity index (χ4n) is 2.55. The van der Waals surface area contributed by atoms with E-state index < -0.39 is 0 Å². The summed E-state index contributed by atoms with van der Waals surface area (Å²) >= 11 is 1.47. The fraction of sp³-hybridized carbons (Fsp3) is 0.105. The van der Waals surface area contributed by atoms with Crippen LogP contribution in [0.5, 0.6) is 0 Å². The molecular formula is C19H16N4OS. The summed E-state index contributed by atoms with van der Waals surface area (Å²) in [5.41, 5.74) is 5.11. The lowest BCUT2D eigenvalue weighted by Crippen LogP contribution is -1.82. The van der Waals surface area contributed by atoms with Crippen molar-refractivity contribution in [1.29, 1.82) is 0 Å².